The molecule has 2 heterocycles. The van der Waals surface area contributed by atoms with Crippen molar-refractivity contribution in [2.45, 2.75) is 32.6 Å². The van der Waals surface area contributed by atoms with Crippen LogP contribution in [0.3, 0.4) is 0 Å². The van der Waals surface area contributed by atoms with Gasteiger partial charge in [-0.05, 0) is 47.5 Å². The van der Waals surface area contributed by atoms with Crippen LogP contribution in [0.25, 0.3) is 0 Å². The van der Waals surface area contributed by atoms with Crippen LogP contribution in [0.2, 0.25) is 0 Å². The number of hydrogen-bond acceptors (Lipinski definition) is 5. The molecule has 142 valence electrons. The number of thiophene rings is 1. The Balaban J connectivity index is 1.99. The van der Waals surface area contributed by atoms with Crippen LogP contribution in [0.4, 0.5) is 5.69 Å². The SMILES string of the molecule is CC1(C)CC(=O)C2=C(C1)N(c1ccc(Br)cc1)C(N)=C(C#N)[C@@H]2c1cccs1. The van der Waals surface area contributed by atoms with Gasteiger partial charge < -0.3 is 5.73 Å². The number of anilines is 1. The average molecular weight is 454 g/mol. The molecule has 1 aliphatic heterocycles. The predicted octanol–water partition coefficient (Wildman–Crippen LogP) is 5.45. The van der Waals surface area contributed by atoms with Gasteiger partial charge in [0.05, 0.1) is 17.6 Å². The fourth-order valence-corrected chi connectivity index (χ4v) is 5.24. The molecule has 2 aromatic rings. The lowest BCUT2D eigenvalue weighted by molar-refractivity contribution is -0.118. The number of ketones is 1. The van der Waals surface area contributed by atoms with Crippen molar-refractivity contribution in [2.75, 3.05) is 4.90 Å². The van der Waals surface area contributed by atoms with Crippen LogP contribution in [-0.4, -0.2) is 5.78 Å². The molecule has 0 bridgehead atoms. The topological polar surface area (TPSA) is 70.1 Å². The Morgan fingerprint density at radius 2 is 1.96 bits per heavy atom. The highest BCUT2D eigenvalue weighted by Crippen LogP contribution is 2.50. The number of benzene rings is 1. The van der Waals surface area contributed by atoms with Crippen molar-refractivity contribution in [3.05, 3.63) is 73.8 Å². The van der Waals surface area contributed by atoms with Gasteiger partial charge in [-0.1, -0.05) is 35.8 Å². The van der Waals surface area contributed by atoms with Gasteiger partial charge in [-0.2, -0.15) is 5.26 Å². The maximum absolute atomic E-state index is 13.3. The summed E-state index contributed by atoms with van der Waals surface area (Å²) in [6.45, 7) is 4.21. The zero-order valence-electron chi connectivity index (χ0n) is 15.7. The van der Waals surface area contributed by atoms with Gasteiger partial charge in [-0.15, -0.1) is 11.3 Å². The standard InChI is InChI=1S/C22H20BrN3OS/c1-22(2)10-16-20(17(27)11-22)19(18-4-3-9-28-18)15(12-24)21(25)26(16)14-7-5-13(23)6-8-14/h3-9,19H,10-11,25H2,1-2H3/t19-/m1/s1. The summed E-state index contributed by atoms with van der Waals surface area (Å²) in [5, 5.41) is 11.9. The van der Waals surface area contributed by atoms with E-state index in [4.69, 9.17) is 5.73 Å². The number of halogens is 1. The summed E-state index contributed by atoms with van der Waals surface area (Å²) in [5.74, 6) is 0.134. The minimum absolute atomic E-state index is 0.104. The molecule has 1 atom stereocenters. The Morgan fingerprint density at radius 3 is 2.57 bits per heavy atom. The number of nitriles is 1. The lowest BCUT2D eigenvalue weighted by Gasteiger charge is -2.43. The van der Waals surface area contributed by atoms with Crippen molar-refractivity contribution < 1.29 is 4.79 Å². The van der Waals surface area contributed by atoms with Crippen LogP contribution in [0.1, 0.15) is 37.5 Å². The first-order valence-electron chi connectivity index (χ1n) is 9.07. The Morgan fingerprint density at radius 1 is 1.25 bits per heavy atom. The molecule has 28 heavy (non-hydrogen) atoms. The quantitative estimate of drug-likeness (QED) is 0.655. The predicted molar refractivity (Wildman–Crippen MR) is 116 cm³/mol. The third kappa shape index (κ3) is 3.09. The molecular weight excluding hydrogens is 434 g/mol. The minimum Gasteiger partial charge on any atom is -0.384 e. The largest absolute Gasteiger partial charge is 0.384 e. The number of nitrogens with zero attached hydrogens (tertiary/aromatic N) is 2. The fraction of sp³-hybridized carbons (Fsp3) is 0.273. The van der Waals surface area contributed by atoms with Gasteiger partial charge >= 0.3 is 0 Å². The molecule has 0 radical (unpaired) electrons. The molecule has 2 aliphatic rings. The first kappa shape index (κ1) is 19.0. The lowest BCUT2D eigenvalue weighted by atomic mass is 9.69. The summed E-state index contributed by atoms with van der Waals surface area (Å²) >= 11 is 5.02. The summed E-state index contributed by atoms with van der Waals surface area (Å²) < 4.78 is 0.960. The molecule has 1 aromatic carbocycles. The molecule has 4 rings (SSSR count). The van der Waals surface area contributed by atoms with Crippen molar-refractivity contribution in [3.63, 3.8) is 0 Å². The monoisotopic (exact) mass is 453 g/mol. The van der Waals surface area contributed by atoms with Gasteiger partial charge in [0.15, 0.2) is 5.78 Å². The highest BCUT2D eigenvalue weighted by atomic mass is 79.9. The molecule has 0 amide bonds. The first-order valence-corrected chi connectivity index (χ1v) is 10.7. The number of rotatable bonds is 2. The Bertz CT molecular complexity index is 1040. The molecule has 0 fully saturated rings. The maximum atomic E-state index is 13.3. The van der Waals surface area contributed by atoms with Gasteiger partial charge in [0, 0.05) is 32.7 Å². The molecule has 2 N–H and O–H groups in total. The Labute approximate surface area is 177 Å². The fourth-order valence-electron chi connectivity index (χ4n) is 4.13. The Kier molecular flexibility index (Phi) is 4.68. The molecule has 1 aliphatic carbocycles. The van der Waals surface area contributed by atoms with Crippen LogP contribution in [0, 0.1) is 16.7 Å². The normalized spacial score (nSPS) is 21.6. The van der Waals surface area contributed by atoms with E-state index in [0.717, 1.165) is 32.7 Å². The smallest absolute Gasteiger partial charge is 0.162 e. The van der Waals surface area contributed by atoms with Crippen LogP contribution in [-0.2, 0) is 4.79 Å². The van der Waals surface area contributed by atoms with Gasteiger partial charge in [-0.25, -0.2) is 0 Å². The zero-order valence-corrected chi connectivity index (χ0v) is 18.1. The van der Waals surface area contributed by atoms with Crippen LogP contribution < -0.4 is 10.6 Å². The van der Waals surface area contributed by atoms with Gasteiger partial charge in [0.1, 0.15) is 5.82 Å². The first-order chi connectivity index (χ1) is 13.3. The summed E-state index contributed by atoms with van der Waals surface area (Å²) in [7, 11) is 0. The molecule has 0 spiro atoms. The van der Waals surface area contributed by atoms with Crippen molar-refractivity contribution in [3.8, 4) is 6.07 Å². The van der Waals surface area contributed by atoms with Crippen LogP contribution in [0.15, 0.2) is 68.9 Å². The summed E-state index contributed by atoms with van der Waals surface area (Å²) in [4.78, 5) is 16.2. The maximum Gasteiger partial charge on any atom is 0.162 e. The van der Waals surface area contributed by atoms with E-state index in [0.29, 0.717) is 17.8 Å². The molecular formula is C22H20BrN3OS. The number of allylic oxidation sites excluding steroid dienone is 3. The van der Waals surface area contributed by atoms with Crippen LogP contribution >= 0.6 is 27.3 Å². The van der Waals surface area contributed by atoms with Gasteiger partial charge in [0.2, 0.25) is 0 Å². The molecule has 0 saturated heterocycles. The highest BCUT2D eigenvalue weighted by Gasteiger charge is 2.44. The number of hydrogen-bond donors (Lipinski definition) is 1. The second-order valence-electron chi connectivity index (χ2n) is 7.97. The molecule has 4 nitrogen and oxygen atoms in total. The number of carbonyl (C=O) groups excluding carboxylic acids is 1. The molecule has 6 heteroatoms. The highest BCUT2D eigenvalue weighted by molar-refractivity contribution is 9.10. The second-order valence-corrected chi connectivity index (χ2v) is 9.87. The van der Waals surface area contributed by atoms with E-state index in [9.17, 15) is 10.1 Å². The Hall–Kier alpha value is -2.36. The zero-order chi connectivity index (χ0) is 20.1. The summed E-state index contributed by atoms with van der Waals surface area (Å²) in [6.07, 6.45) is 1.20. The number of carbonyl (C=O) groups is 1. The van der Waals surface area contributed by atoms with E-state index >= 15 is 0 Å². The number of nitrogens with two attached hydrogens (primary N) is 1. The molecule has 0 saturated carbocycles. The lowest BCUT2D eigenvalue weighted by Crippen LogP contribution is -2.42. The van der Waals surface area contributed by atoms with Crippen molar-refractivity contribution in [1.82, 2.24) is 0 Å². The van der Waals surface area contributed by atoms with E-state index in [1.165, 1.54) is 0 Å². The van der Waals surface area contributed by atoms with Gasteiger partial charge in [0.25, 0.3) is 0 Å². The third-order valence-corrected chi connectivity index (χ3v) is 6.76. The van der Waals surface area contributed by atoms with Gasteiger partial charge in [-0.3, -0.25) is 9.69 Å². The van der Waals surface area contributed by atoms with Crippen molar-refractivity contribution in [1.29, 1.82) is 5.26 Å². The van der Waals surface area contributed by atoms with Crippen LogP contribution in [0.5, 0.6) is 0 Å². The third-order valence-electron chi connectivity index (χ3n) is 5.29. The average Bonchev–Trinajstić information content (AvgIpc) is 3.15. The van der Waals surface area contributed by atoms with E-state index in [1.54, 1.807) is 11.3 Å². The number of Topliss-reactive ketones (excluding diaryl/α,β-unsaturated/α-hetero) is 1. The molecule has 1 aromatic heterocycles. The van der Waals surface area contributed by atoms with Crippen molar-refractivity contribution in [2.24, 2.45) is 11.1 Å². The van der Waals surface area contributed by atoms with E-state index < -0.39 is 0 Å². The summed E-state index contributed by atoms with van der Waals surface area (Å²) in [6, 6.07) is 14.0. The van der Waals surface area contributed by atoms with Crippen molar-refractivity contribution >= 4 is 38.7 Å². The molecule has 0 unspecified atom stereocenters. The minimum atomic E-state index is -0.379. The van der Waals surface area contributed by atoms with E-state index in [1.807, 2.05) is 46.7 Å². The van der Waals surface area contributed by atoms with E-state index in [-0.39, 0.29) is 17.1 Å². The van der Waals surface area contributed by atoms with E-state index in [2.05, 4.69) is 35.8 Å². The second kappa shape index (κ2) is 6.91. The summed E-state index contributed by atoms with van der Waals surface area (Å²) in [5.41, 5.74) is 9.35.